The van der Waals surface area contributed by atoms with Crippen LogP contribution in [0.1, 0.15) is 16.1 Å². The first-order valence-electron chi connectivity index (χ1n) is 6.76. The Morgan fingerprint density at radius 2 is 1.90 bits per heavy atom. The highest BCUT2D eigenvalue weighted by molar-refractivity contribution is 7.18. The number of benzene rings is 2. The van der Waals surface area contributed by atoms with E-state index in [0.717, 1.165) is 20.8 Å². The molecule has 0 atom stereocenters. The predicted octanol–water partition coefficient (Wildman–Crippen LogP) is 3.89. The zero-order valence-corrected chi connectivity index (χ0v) is 12.5. The van der Waals surface area contributed by atoms with Gasteiger partial charge in [-0.25, -0.2) is 4.98 Å². The summed E-state index contributed by atoms with van der Waals surface area (Å²) in [5.41, 5.74) is 3.10. The molecule has 0 aliphatic rings. The van der Waals surface area contributed by atoms with E-state index in [1.807, 2.05) is 55.5 Å². The molecular formula is C17H15NO2S. The van der Waals surface area contributed by atoms with Crippen LogP contribution in [0.15, 0.2) is 48.5 Å². The standard InChI is InChI=1S/C17H15NO2S/c1-12-6-8-13(9-7-12)10-17(19)20-11-16-18-14-4-2-3-5-15(14)21-16/h2-9H,10-11H2,1H3. The summed E-state index contributed by atoms with van der Waals surface area (Å²) in [7, 11) is 0. The van der Waals surface area contributed by atoms with E-state index in [1.165, 1.54) is 5.56 Å². The van der Waals surface area contributed by atoms with Crippen molar-refractivity contribution in [3.63, 3.8) is 0 Å². The van der Waals surface area contributed by atoms with Crippen LogP contribution in [0.5, 0.6) is 0 Å². The van der Waals surface area contributed by atoms with Gasteiger partial charge >= 0.3 is 5.97 Å². The lowest BCUT2D eigenvalue weighted by molar-refractivity contribution is -0.144. The number of hydrogen-bond acceptors (Lipinski definition) is 4. The number of para-hydroxylation sites is 1. The van der Waals surface area contributed by atoms with Crippen molar-refractivity contribution in [1.29, 1.82) is 0 Å². The molecule has 0 aliphatic heterocycles. The van der Waals surface area contributed by atoms with Gasteiger partial charge in [0.1, 0.15) is 11.6 Å². The molecule has 1 heterocycles. The molecule has 3 aromatic rings. The van der Waals surface area contributed by atoms with Crippen LogP contribution in [0.4, 0.5) is 0 Å². The largest absolute Gasteiger partial charge is 0.458 e. The molecule has 0 saturated heterocycles. The summed E-state index contributed by atoms with van der Waals surface area (Å²) in [4.78, 5) is 16.3. The zero-order valence-electron chi connectivity index (χ0n) is 11.7. The molecule has 0 radical (unpaired) electrons. The Morgan fingerprint density at radius 1 is 1.14 bits per heavy atom. The number of rotatable bonds is 4. The van der Waals surface area contributed by atoms with Crippen LogP contribution in [-0.4, -0.2) is 11.0 Å². The molecule has 3 rings (SSSR count). The molecule has 0 amide bonds. The van der Waals surface area contributed by atoms with Crippen LogP contribution in [0.2, 0.25) is 0 Å². The Morgan fingerprint density at radius 3 is 2.67 bits per heavy atom. The molecule has 0 N–H and O–H groups in total. The summed E-state index contributed by atoms with van der Waals surface area (Å²) in [6.07, 6.45) is 0.297. The van der Waals surface area contributed by atoms with Crippen LogP contribution in [0.25, 0.3) is 10.2 Å². The quantitative estimate of drug-likeness (QED) is 0.686. The average molecular weight is 297 g/mol. The van der Waals surface area contributed by atoms with Gasteiger partial charge in [-0.2, -0.15) is 0 Å². The fraction of sp³-hybridized carbons (Fsp3) is 0.176. The second-order valence-electron chi connectivity index (χ2n) is 4.90. The average Bonchev–Trinajstić information content (AvgIpc) is 2.90. The number of aromatic nitrogens is 1. The molecular weight excluding hydrogens is 282 g/mol. The molecule has 0 spiro atoms. The molecule has 2 aromatic carbocycles. The van der Waals surface area contributed by atoms with E-state index in [0.29, 0.717) is 6.42 Å². The Labute approximate surface area is 127 Å². The molecule has 3 nitrogen and oxygen atoms in total. The summed E-state index contributed by atoms with van der Waals surface area (Å²) in [6.45, 7) is 2.26. The summed E-state index contributed by atoms with van der Waals surface area (Å²) >= 11 is 1.56. The smallest absolute Gasteiger partial charge is 0.310 e. The number of nitrogens with zero attached hydrogens (tertiary/aromatic N) is 1. The van der Waals surface area contributed by atoms with Gasteiger partial charge in [-0.3, -0.25) is 4.79 Å². The van der Waals surface area contributed by atoms with Crippen LogP contribution < -0.4 is 0 Å². The minimum absolute atomic E-state index is 0.224. The van der Waals surface area contributed by atoms with Gasteiger partial charge in [-0.15, -0.1) is 11.3 Å². The predicted molar refractivity (Wildman–Crippen MR) is 84.3 cm³/mol. The molecule has 0 unspecified atom stereocenters. The van der Waals surface area contributed by atoms with Crippen LogP contribution >= 0.6 is 11.3 Å². The van der Waals surface area contributed by atoms with Crippen molar-refractivity contribution in [2.45, 2.75) is 20.0 Å². The van der Waals surface area contributed by atoms with Gasteiger partial charge in [0, 0.05) is 0 Å². The Bertz CT molecular complexity index is 729. The number of thiazole rings is 1. The van der Waals surface area contributed by atoms with Crippen LogP contribution in [-0.2, 0) is 22.6 Å². The molecule has 0 aliphatic carbocycles. The van der Waals surface area contributed by atoms with E-state index in [2.05, 4.69) is 4.98 Å². The maximum absolute atomic E-state index is 11.8. The van der Waals surface area contributed by atoms with Crippen LogP contribution in [0, 0.1) is 6.92 Å². The lowest BCUT2D eigenvalue weighted by Gasteiger charge is -2.03. The third-order valence-electron chi connectivity index (χ3n) is 3.16. The van der Waals surface area contributed by atoms with Crippen molar-refractivity contribution in [2.24, 2.45) is 0 Å². The third-order valence-corrected chi connectivity index (χ3v) is 4.17. The van der Waals surface area contributed by atoms with Gasteiger partial charge in [0.05, 0.1) is 16.6 Å². The van der Waals surface area contributed by atoms with E-state index in [9.17, 15) is 4.79 Å². The van der Waals surface area contributed by atoms with Crippen molar-refractivity contribution in [3.05, 3.63) is 64.7 Å². The van der Waals surface area contributed by atoms with Crippen molar-refractivity contribution in [1.82, 2.24) is 4.98 Å². The lowest BCUT2D eigenvalue weighted by atomic mass is 10.1. The lowest BCUT2D eigenvalue weighted by Crippen LogP contribution is -2.07. The van der Waals surface area contributed by atoms with E-state index >= 15 is 0 Å². The van der Waals surface area contributed by atoms with Crippen LogP contribution in [0.3, 0.4) is 0 Å². The van der Waals surface area contributed by atoms with Gasteiger partial charge < -0.3 is 4.74 Å². The Balaban J connectivity index is 1.59. The minimum atomic E-state index is -0.224. The second kappa shape index (κ2) is 6.06. The first-order chi connectivity index (χ1) is 10.2. The van der Waals surface area contributed by atoms with E-state index in [-0.39, 0.29) is 12.6 Å². The fourth-order valence-corrected chi connectivity index (χ4v) is 2.93. The highest BCUT2D eigenvalue weighted by Crippen LogP contribution is 2.22. The molecule has 21 heavy (non-hydrogen) atoms. The first kappa shape index (κ1) is 13.8. The summed E-state index contributed by atoms with van der Waals surface area (Å²) in [5, 5.41) is 0.827. The summed E-state index contributed by atoms with van der Waals surface area (Å²) in [5.74, 6) is -0.224. The van der Waals surface area contributed by atoms with E-state index in [4.69, 9.17) is 4.74 Å². The number of ether oxygens (including phenoxy) is 1. The van der Waals surface area contributed by atoms with Crippen molar-refractivity contribution < 1.29 is 9.53 Å². The summed E-state index contributed by atoms with van der Waals surface area (Å²) in [6, 6.07) is 15.8. The molecule has 0 fully saturated rings. The van der Waals surface area contributed by atoms with E-state index in [1.54, 1.807) is 11.3 Å². The second-order valence-corrected chi connectivity index (χ2v) is 6.01. The van der Waals surface area contributed by atoms with Crippen molar-refractivity contribution in [3.8, 4) is 0 Å². The summed E-state index contributed by atoms with van der Waals surface area (Å²) < 4.78 is 6.41. The third kappa shape index (κ3) is 3.47. The molecule has 4 heteroatoms. The minimum Gasteiger partial charge on any atom is -0.458 e. The van der Waals surface area contributed by atoms with Gasteiger partial charge in [0.25, 0.3) is 0 Å². The molecule has 106 valence electrons. The monoisotopic (exact) mass is 297 g/mol. The Hall–Kier alpha value is -2.20. The van der Waals surface area contributed by atoms with Crippen molar-refractivity contribution >= 4 is 27.5 Å². The van der Waals surface area contributed by atoms with Gasteiger partial charge in [0.15, 0.2) is 0 Å². The maximum Gasteiger partial charge on any atom is 0.310 e. The normalized spacial score (nSPS) is 10.7. The number of fused-ring (bicyclic) bond motifs is 1. The van der Waals surface area contributed by atoms with Gasteiger partial charge in [-0.1, -0.05) is 42.0 Å². The zero-order chi connectivity index (χ0) is 14.7. The number of aryl methyl sites for hydroxylation is 1. The van der Waals surface area contributed by atoms with Crippen molar-refractivity contribution in [2.75, 3.05) is 0 Å². The Kier molecular flexibility index (Phi) is 3.97. The SMILES string of the molecule is Cc1ccc(CC(=O)OCc2nc3ccccc3s2)cc1. The highest BCUT2D eigenvalue weighted by atomic mass is 32.1. The number of esters is 1. The molecule has 1 aromatic heterocycles. The van der Waals surface area contributed by atoms with E-state index < -0.39 is 0 Å². The highest BCUT2D eigenvalue weighted by Gasteiger charge is 2.08. The number of carbonyl (C=O) groups is 1. The number of carbonyl (C=O) groups excluding carboxylic acids is 1. The first-order valence-corrected chi connectivity index (χ1v) is 7.58. The molecule has 0 saturated carbocycles. The number of hydrogen-bond donors (Lipinski definition) is 0. The topological polar surface area (TPSA) is 39.2 Å². The van der Waals surface area contributed by atoms with Gasteiger partial charge in [-0.05, 0) is 24.6 Å². The molecule has 0 bridgehead atoms. The maximum atomic E-state index is 11.8. The fourth-order valence-electron chi connectivity index (χ4n) is 2.05. The van der Waals surface area contributed by atoms with Gasteiger partial charge in [0.2, 0.25) is 0 Å².